The molecule has 2 heteroatoms. The van der Waals surface area contributed by atoms with E-state index in [1.54, 1.807) is 0 Å². The number of nitrogens with zero attached hydrogens (tertiary/aromatic N) is 1. The summed E-state index contributed by atoms with van der Waals surface area (Å²) >= 11 is 0. The van der Waals surface area contributed by atoms with Gasteiger partial charge in [-0.15, -0.1) is 0 Å². The molecule has 1 aliphatic heterocycles. The van der Waals surface area contributed by atoms with Crippen LogP contribution in [0.4, 0.5) is 0 Å². The monoisotopic (exact) mass is 184 g/mol. The Morgan fingerprint density at radius 1 is 1.46 bits per heavy atom. The van der Waals surface area contributed by atoms with E-state index >= 15 is 0 Å². The Morgan fingerprint density at radius 2 is 2.15 bits per heavy atom. The highest BCUT2D eigenvalue weighted by Crippen LogP contribution is 2.23. The Hall–Kier alpha value is -0.0800. The molecule has 78 valence electrons. The average molecular weight is 184 g/mol. The molecule has 13 heavy (non-hydrogen) atoms. The first-order chi connectivity index (χ1) is 6.17. The molecule has 2 nitrogen and oxygen atoms in total. The van der Waals surface area contributed by atoms with Gasteiger partial charge in [-0.2, -0.15) is 0 Å². The highest BCUT2D eigenvalue weighted by molar-refractivity contribution is 4.81. The third-order valence-corrected chi connectivity index (χ3v) is 3.32. The zero-order valence-electron chi connectivity index (χ0n) is 9.29. The summed E-state index contributed by atoms with van der Waals surface area (Å²) in [5, 5.41) is 0. The van der Waals surface area contributed by atoms with Gasteiger partial charge in [0.25, 0.3) is 0 Å². The predicted molar refractivity (Wildman–Crippen MR) is 57.7 cm³/mol. The van der Waals surface area contributed by atoms with E-state index in [2.05, 4.69) is 25.7 Å². The number of likely N-dealkylation sites (tertiary alicyclic amines) is 1. The minimum absolute atomic E-state index is 0.702. The third kappa shape index (κ3) is 2.96. The van der Waals surface area contributed by atoms with Gasteiger partial charge >= 0.3 is 0 Å². The lowest BCUT2D eigenvalue weighted by atomic mass is 10.1. The van der Waals surface area contributed by atoms with Crippen molar-refractivity contribution in [1.82, 2.24) is 4.90 Å². The van der Waals surface area contributed by atoms with E-state index in [0.717, 1.165) is 18.5 Å². The zero-order chi connectivity index (χ0) is 9.84. The fourth-order valence-electron chi connectivity index (χ4n) is 2.34. The van der Waals surface area contributed by atoms with E-state index in [-0.39, 0.29) is 0 Å². The van der Waals surface area contributed by atoms with Crippen molar-refractivity contribution < 1.29 is 0 Å². The number of rotatable bonds is 4. The molecule has 0 radical (unpaired) electrons. The van der Waals surface area contributed by atoms with Gasteiger partial charge in [-0.25, -0.2) is 0 Å². The second-order valence-corrected chi connectivity index (χ2v) is 4.65. The van der Waals surface area contributed by atoms with Crippen LogP contribution in [0.25, 0.3) is 0 Å². The average Bonchev–Trinajstić information content (AvgIpc) is 2.41. The summed E-state index contributed by atoms with van der Waals surface area (Å²) < 4.78 is 0. The van der Waals surface area contributed by atoms with Crippen LogP contribution in [-0.2, 0) is 0 Å². The van der Waals surface area contributed by atoms with Crippen molar-refractivity contribution in [2.45, 2.75) is 39.7 Å². The molecular formula is C11H24N2. The van der Waals surface area contributed by atoms with E-state index in [0.29, 0.717) is 5.92 Å². The Bertz CT molecular complexity index is 143. The van der Waals surface area contributed by atoms with E-state index < -0.39 is 0 Å². The van der Waals surface area contributed by atoms with Gasteiger partial charge in [0.15, 0.2) is 0 Å². The van der Waals surface area contributed by atoms with Gasteiger partial charge in [0.05, 0.1) is 0 Å². The molecular weight excluding hydrogens is 160 g/mol. The maximum absolute atomic E-state index is 5.71. The van der Waals surface area contributed by atoms with Crippen LogP contribution in [0.3, 0.4) is 0 Å². The molecule has 3 atom stereocenters. The van der Waals surface area contributed by atoms with Crippen LogP contribution in [0.2, 0.25) is 0 Å². The maximum Gasteiger partial charge on any atom is 0.00701 e. The molecule has 1 saturated heterocycles. The molecule has 1 aliphatic rings. The highest BCUT2D eigenvalue weighted by Gasteiger charge is 2.26. The van der Waals surface area contributed by atoms with Crippen molar-refractivity contribution in [3.8, 4) is 0 Å². The summed E-state index contributed by atoms with van der Waals surface area (Å²) in [5.41, 5.74) is 5.71. The van der Waals surface area contributed by atoms with Crippen LogP contribution in [0, 0.1) is 11.8 Å². The van der Waals surface area contributed by atoms with Gasteiger partial charge in [-0.05, 0) is 31.7 Å². The fourth-order valence-corrected chi connectivity index (χ4v) is 2.34. The number of hydrogen-bond acceptors (Lipinski definition) is 2. The molecule has 0 aromatic carbocycles. The molecule has 0 saturated carbocycles. The van der Waals surface area contributed by atoms with Crippen LogP contribution >= 0.6 is 0 Å². The molecule has 1 heterocycles. The lowest BCUT2D eigenvalue weighted by Gasteiger charge is -2.25. The summed E-state index contributed by atoms with van der Waals surface area (Å²) in [7, 11) is 0. The predicted octanol–water partition coefficient (Wildman–Crippen LogP) is 1.70. The maximum atomic E-state index is 5.71. The molecule has 0 aliphatic carbocycles. The van der Waals surface area contributed by atoms with Gasteiger partial charge in [-0.1, -0.05) is 20.3 Å². The minimum Gasteiger partial charge on any atom is -0.330 e. The summed E-state index contributed by atoms with van der Waals surface area (Å²) in [6.45, 7) is 10.2. The Kier molecular flexibility index (Phi) is 4.20. The van der Waals surface area contributed by atoms with Gasteiger partial charge in [0, 0.05) is 19.1 Å². The largest absolute Gasteiger partial charge is 0.330 e. The quantitative estimate of drug-likeness (QED) is 0.720. The first-order valence-corrected chi connectivity index (χ1v) is 5.61. The second kappa shape index (κ2) is 4.97. The molecule has 1 rings (SSSR count). The van der Waals surface area contributed by atoms with Gasteiger partial charge in [-0.3, -0.25) is 0 Å². The number of hydrogen-bond donors (Lipinski definition) is 1. The third-order valence-electron chi connectivity index (χ3n) is 3.32. The Morgan fingerprint density at radius 3 is 2.54 bits per heavy atom. The van der Waals surface area contributed by atoms with E-state index in [9.17, 15) is 0 Å². The molecule has 0 spiro atoms. The first-order valence-electron chi connectivity index (χ1n) is 5.61. The summed E-state index contributed by atoms with van der Waals surface area (Å²) in [5.74, 6) is 1.58. The van der Waals surface area contributed by atoms with Gasteiger partial charge < -0.3 is 10.6 Å². The zero-order valence-corrected chi connectivity index (χ0v) is 9.29. The van der Waals surface area contributed by atoms with E-state index in [1.807, 2.05) is 0 Å². The van der Waals surface area contributed by atoms with E-state index in [1.165, 1.54) is 25.9 Å². The lowest BCUT2D eigenvalue weighted by molar-refractivity contribution is 0.221. The second-order valence-electron chi connectivity index (χ2n) is 4.65. The fraction of sp³-hybridized carbons (Fsp3) is 1.00. The van der Waals surface area contributed by atoms with Gasteiger partial charge in [0.1, 0.15) is 0 Å². The molecule has 1 fully saturated rings. The van der Waals surface area contributed by atoms with Crippen molar-refractivity contribution in [2.75, 3.05) is 19.6 Å². The molecule has 0 bridgehead atoms. The van der Waals surface area contributed by atoms with Gasteiger partial charge in [0.2, 0.25) is 0 Å². The lowest BCUT2D eigenvalue weighted by Crippen LogP contribution is -2.35. The topological polar surface area (TPSA) is 29.3 Å². The number of nitrogens with two attached hydrogens (primary N) is 1. The Labute approximate surface area is 82.5 Å². The van der Waals surface area contributed by atoms with Crippen LogP contribution < -0.4 is 5.73 Å². The molecule has 0 aromatic heterocycles. The van der Waals surface area contributed by atoms with Crippen molar-refractivity contribution in [3.63, 3.8) is 0 Å². The molecule has 2 N–H and O–H groups in total. The standard InChI is InChI=1S/C11H24N2/c1-4-11(6-12)8-13-7-9(2)5-10(13)3/h9-11H,4-8,12H2,1-3H3. The van der Waals surface area contributed by atoms with Crippen molar-refractivity contribution >= 4 is 0 Å². The van der Waals surface area contributed by atoms with Crippen LogP contribution in [0.5, 0.6) is 0 Å². The minimum atomic E-state index is 0.702. The van der Waals surface area contributed by atoms with Crippen molar-refractivity contribution in [3.05, 3.63) is 0 Å². The first kappa shape index (κ1) is 11.0. The summed E-state index contributed by atoms with van der Waals surface area (Å²) in [4.78, 5) is 2.60. The van der Waals surface area contributed by atoms with Crippen molar-refractivity contribution in [2.24, 2.45) is 17.6 Å². The Balaban J connectivity index is 2.35. The van der Waals surface area contributed by atoms with Crippen LogP contribution in [-0.4, -0.2) is 30.6 Å². The van der Waals surface area contributed by atoms with E-state index in [4.69, 9.17) is 5.73 Å². The van der Waals surface area contributed by atoms with Crippen LogP contribution in [0.15, 0.2) is 0 Å². The smallest absolute Gasteiger partial charge is 0.00701 e. The molecule has 0 aromatic rings. The highest BCUT2D eigenvalue weighted by atomic mass is 15.2. The SMILES string of the molecule is CCC(CN)CN1CC(C)CC1C. The summed E-state index contributed by atoms with van der Waals surface area (Å²) in [6.07, 6.45) is 2.58. The summed E-state index contributed by atoms with van der Waals surface area (Å²) in [6, 6.07) is 0.774. The molecule has 0 amide bonds. The normalized spacial score (nSPS) is 32.3. The molecule has 3 unspecified atom stereocenters. The van der Waals surface area contributed by atoms with Crippen LogP contribution in [0.1, 0.15) is 33.6 Å². The van der Waals surface area contributed by atoms with Crippen molar-refractivity contribution in [1.29, 1.82) is 0 Å².